The first kappa shape index (κ1) is 29.5. The topological polar surface area (TPSA) is 90.4 Å². The molecular formula is C33H45N3O5. The molecule has 1 aromatic carbocycles. The lowest BCUT2D eigenvalue weighted by Gasteiger charge is -2.46. The molecule has 0 aliphatic carbocycles. The first-order valence-corrected chi connectivity index (χ1v) is 14.8. The Hall–Kier alpha value is -2.97. The zero-order chi connectivity index (χ0) is 30.0. The fraction of sp³-hybridized carbons (Fsp3) is 0.606. The number of ether oxygens (including phenoxy) is 1. The quantitative estimate of drug-likeness (QED) is 0.533. The van der Waals surface area contributed by atoms with Crippen LogP contribution in [0.3, 0.4) is 0 Å². The van der Waals surface area contributed by atoms with Crippen molar-refractivity contribution < 1.29 is 24.2 Å². The standard InChI is InChI=1S/C33H45N3O5/c1-8-32-16-12-18-34(7)27(38)24(32)25-28(39)36(23(20-37)22-14-10-9-11-15-22)26-29(40)35(19-13-17-33(25,26)41-32)31(5,6)21-30(2,3)4/h9-17,23-26,37H,8,18-21H2,1-7H3/t23-,24-,25+,26?,32+,33+/m1/s1. The summed E-state index contributed by atoms with van der Waals surface area (Å²) in [7, 11) is 1.74. The first-order chi connectivity index (χ1) is 19.2. The van der Waals surface area contributed by atoms with Crippen LogP contribution in [0.2, 0.25) is 0 Å². The molecule has 4 aliphatic heterocycles. The summed E-state index contributed by atoms with van der Waals surface area (Å²) in [6, 6.07) is 7.49. The summed E-state index contributed by atoms with van der Waals surface area (Å²) in [5, 5.41) is 10.7. The minimum Gasteiger partial charge on any atom is -0.394 e. The molecule has 8 nitrogen and oxygen atoms in total. The lowest BCUT2D eigenvalue weighted by atomic mass is 9.73. The normalized spacial score (nSPS) is 32.5. The van der Waals surface area contributed by atoms with E-state index in [1.54, 1.807) is 16.8 Å². The molecule has 4 heterocycles. The van der Waals surface area contributed by atoms with E-state index in [-0.39, 0.29) is 29.7 Å². The van der Waals surface area contributed by atoms with Crippen molar-refractivity contribution in [3.8, 4) is 0 Å². The Labute approximate surface area is 244 Å². The van der Waals surface area contributed by atoms with Gasteiger partial charge in [-0.2, -0.15) is 0 Å². The zero-order valence-electron chi connectivity index (χ0n) is 25.5. The van der Waals surface area contributed by atoms with Gasteiger partial charge < -0.3 is 24.5 Å². The van der Waals surface area contributed by atoms with E-state index in [0.717, 1.165) is 12.0 Å². The number of carbonyl (C=O) groups is 3. The number of aliphatic hydroxyl groups is 1. The lowest BCUT2D eigenvalue weighted by molar-refractivity contribution is -0.160. The second-order valence-corrected chi connectivity index (χ2v) is 14.0. The summed E-state index contributed by atoms with van der Waals surface area (Å²) in [5.41, 5.74) is -2.23. The van der Waals surface area contributed by atoms with Gasteiger partial charge in [0.25, 0.3) is 0 Å². The average molecular weight is 564 g/mol. The SMILES string of the molecule is CC[C@]12C=CCN(C)C(=O)[C@H]1[C@H]1C(=O)N([C@H](CO)c3ccccc3)C3C(=O)N(C(C)(C)CC(C)(C)C)CC=C[C@@]31O2. The smallest absolute Gasteiger partial charge is 0.249 e. The molecule has 1 unspecified atom stereocenters. The van der Waals surface area contributed by atoms with Gasteiger partial charge in [-0.05, 0) is 37.7 Å². The summed E-state index contributed by atoms with van der Waals surface area (Å²) in [5.74, 6) is -2.42. The van der Waals surface area contributed by atoms with Gasteiger partial charge >= 0.3 is 0 Å². The van der Waals surface area contributed by atoms with Crippen molar-refractivity contribution in [2.24, 2.45) is 17.3 Å². The minimum absolute atomic E-state index is 0.0476. The number of carbonyl (C=O) groups excluding carboxylic acids is 3. The van der Waals surface area contributed by atoms with Gasteiger partial charge in [-0.1, -0.05) is 82.3 Å². The average Bonchev–Trinajstić information content (AvgIpc) is 3.19. The monoisotopic (exact) mass is 563 g/mol. The molecule has 3 amide bonds. The third-order valence-electron chi connectivity index (χ3n) is 9.47. The Morgan fingerprint density at radius 2 is 1.61 bits per heavy atom. The highest BCUT2D eigenvalue weighted by Gasteiger charge is 2.76. The molecule has 1 N–H and O–H groups in total. The highest BCUT2D eigenvalue weighted by atomic mass is 16.5. The number of nitrogens with zero attached hydrogens (tertiary/aromatic N) is 3. The van der Waals surface area contributed by atoms with Crippen LogP contribution in [0.15, 0.2) is 54.6 Å². The zero-order valence-corrected chi connectivity index (χ0v) is 25.5. The molecule has 0 saturated carbocycles. The third kappa shape index (κ3) is 4.54. The van der Waals surface area contributed by atoms with Crippen molar-refractivity contribution in [3.05, 3.63) is 60.2 Å². The predicted molar refractivity (Wildman–Crippen MR) is 157 cm³/mol. The molecular weight excluding hydrogens is 518 g/mol. The van der Waals surface area contributed by atoms with Crippen LogP contribution in [0.5, 0.6) is 0 Å². The Bertz CT molecular complexity index is 1270. The number of hydrogen-bond acceptors (Lipinski definition) is 5. The number of aliphatic hydroxyl groups excluding tert-OH is 1. The molecule has 2 fully saturated rings. The van der Waals surface area contributed by atoms with Gasteiger partial charge in [0, 0.05) is 25.7 Å². The maximum Gasteiger partial charge on any atom is 0.249 e. The van der Waals surface area contributed by atoms with Crippen LogP contribution in [0.25, 0.3) is 0 Å². The van der Waals surface area contributed by atoms with Crippen LogP contribution in [-0.4, -0.2) is 87.1 Å². The Morgan fingerprint density at radius 1 is 0.951 bits per heavy atom. The van der Waals surface area contributed by atoms with E-state index in [0.29, 0.717) is 19.5 Å². The maximum absolute atomic E-state index is 14.9. The fourth-order valence-electron chi connectivity index (χ4n) is 8.12. The van der Waals surface area contributed by atoms with E-state index in [1.165, 1.54) is 0 Å². The van der Waals surface area contributed by atoms with Crippen molar-refractivity contribution in [2.75, 3.05) is 26.7 Å². The predicted octanol–water partition coefficient (Wildman–Crippen LogP) is 3.72. The van der Waals surface area contributed by atoms with Crippen molar-refractivity contribution in [1.29, 1.82) is 0 Å². The van der Waals surface area contributed by atoms with Gasteiger partial charge in [0.05, 0.1) is 30.1 Å². The Morgan fingerprint density at radius 3 is 2.22 bits per heavy atom. The lowest BCUT2D eigenvalue weighted by Crippen LogP contribution is -2.60. The molecule has 6 atom stereocenters. The van der Waals surface area contributed by atoms with Crippen LogP contribution in [0.4, 0.5) is 0 Å². The first-order valence-electron chi connectivity index (χ1n) is 14.8. The molecule has 1 spiro atoms. The summed E-state index contributed by atoms with van der Waals surface area (Å²) < 4.78 is 7.05. The summed E-state index contributed by atoms with van der Waals surface area (Å²) in [6.07, 6.45) is 8.92. The number of amides is 3. The van der Waals surface area contributed by atoms with E-state index in [9.17, 15) is 19.5 Å². The van der Waals surface area contributed by atoms with Crippen molar-refractivity contribution in [1.82, 2.24) is 14.7 Å². The van der Waals surface area contributed by atoms with Crippen molar-refractivity contribution >= 4 is 17.7 Å². The van der Waals surface area contributed by atoms with Crippen LogP contribution in [0, 0.1) is 17.3 Å². The van der Waals surface area contributed by atoms with E-state index < -0.39 is 40.7 Å². The number of rotatable bonds is 6. The van der Waals surface area contributed by atoms with E-state index in [2.05, 4.69) is 34.6 Å². The largest absolute Gasteiger partial charge is 0.394 e. The maximum atomic E-state index is 14.9. The van der Waals surface area contributed by atoms with Crippen LogP contribution < -0.4 is 0 Å². The van der Waals surface area contributed by atoms with Crippen molar-refractivity contribution in [3.63, 3.8) is 0 Å². The fourth-order valence-corrected chi connectivity index (χ4v) is 8.12. The molecule has 222 valence electrons. The number of fused-ring (bicyclic) bond motifs is 2. The van der Waals surface area contributed by atoms with E-state index >= 15 is 0 Å². The second kappa shape index (κ2) is 10.1. The summed E-state index contributed by atoms with van der Waals surface area (Å²) in [6.45, 7) is 13.0. The molecule has 41 heavy (non-hydrogen) atoms. The molecule has 4 aliphatic rings. The minimum atomic E-state index is -1.36. The number of likely N-dealkylation sites (tertiary alicyclic amines) is 1. The highest BCUT2D eigenvalue weighted by molar-refractivity contribution is 6.00. The number of benzene rings is 1. The summed E-state index contributed by atoms with van der Waals surface area (Å²) >= 11 is 0. The van der Waals surface area contributed by atoms with Crippen LogP contribution in [0.1, 0.15) is 66.0 Å². The Balaban J connectivity index is 1.72. The summed E-state index contributed by atoms with van der Waals surface area (Å²) in [4.78, 5) is 48.7. The molecule has 0 radical (unpaired) electrons. The van der Waals surface area contributed by atoms with Gasteiger partial charge in [0.15, 0.2) is 0 Å². The van der Waals surface area contributed by atoms with Gasteiger partial charge in [0.1, 0.15) is 11.6 Å². The van der Waals surface area contributed by atoms with Crippen LogP contribution in [-0.2, 0) is 19.1 Å². The second-order valence-electron chi connectivity index (χ2n) is 14.0. The van der Waals surface area contributed by atoms with Crippen molar-refractivity contribution in [2.45, 2.75) is 83.2 Å². The molecule has 5 rings (SSSR count). The van der Waals surface area contributed by atoms with Gasteiger partial charge in [0.2, 0.25) is 17.7 Å². The third-order valence-corrected chi connectivity index (χ3v) is 9.47. The van der Waals surface area contributed by atoms with Gasteiger partial charge in [-0.25, -0.2) is 0 Å². The number of hydrogen-bond donors (Lipinski definition) is 1. The molecule has 8 heteroatoms. The molecule has 0 aromatic heterocycles. The highest BCUT2D eigenvalue weighted by Crippen LogP contribution is 2.60. The van der Waals surface area contributed by atoms with E-state index in [1.807, 2.05) is 66.5 Å². The molecule has 1 aromatic rings. The van der Waals surface area contributed by atoms with Gasteiger partial charge in [-0.15, -0.1) is 0 Å². The number of likely N-dealkylation sites (N-methyl/N-ethyl adjacent to an activating group) is 1. The molecule has 0 bridgehead atoms. The Kier molecular flexibility index (Phi) is 7.26. The van der Waals surface area contributed by atoms with Gasteiger partial charge in [-0.3, -0.25) is 14.4 Å². The molecule has 2 saturated heterocycles. The van der Waals surface area contributed by atoms with Crippen LogP contribution >= 0.6 is 0 Å². The van der Waals surface area contributed by atoms with E-state index in [4.69, 9.17) is 4.74 Å².